The van der Waals surface area contributed by atoms with Crippen molar-refractivity contribution in [3.8, 4) is 0 Å². The van der Waals surface area contributed by atoms with Crippen LogP contribution in [0.5, 0.6) is 0 Å². The summed E-state index contributed by atoms with van der Waals surface area (Å²) in [5.41, 5.74) is 9.34. The summed E-state index contributed by atoms with van der Waals surface area (Å²) >= 11 is 0. The van der Waals surface area contributed by atoms with Gasteiger partial charge >= 0.3 is 0 Å². The van der Waals surface area contributed by atoms with E-state index in [2.05, 4.69) is 10.6 Å². The molecule has 0 aliphatic carbocycles. The van der Waals surface area contributed by atoms with Crippen molar-refractivity contribution in [2.45, 2.75) is 13.5 Å². The molecule has 0 radical (unpaired) electrons. The molecule has 19 heavy (non-hydrogen) atoms. The summed E-state index contributed by atoms with van der Waals surface area (Å²) in [7, 11) is 0. The average Bonchev–Trinajstić information content (AvgIpc) is 2.36. The molecule has 4 N–H and O–H groups in total. The predicted octanol–water partition coefficient (Wildman–Crippen LogP) is 2.84. The van der Waals surface area contributed by atoms with Gasteiger partial charge < -0.3 is 16.4 Å². The van der Waals surface area contributed by atoms with Crippen LogP contribution >= 0.6 is 0 Å². The van der Waals surface area contributed by atoms with E-state index in [0.29, 0.717) is 6.54 Å². The van der Waals surface area contributed by atoms with Gasteiger partial charge in [0.25, 0.3) is 0 Å². The highest BCUT2D eigenvalue weighted by molar-refractivity contribution is 5.89. The van der Waals surface area contributed by atoms with E-state index in [1.54, 1.807) is 0 Å². The number of nitrogen functional groups attached to an aromatic ring is 1. The second-order valence-electron chi connectivity index (χ2n) is 4.36. The van der Waals surface area contributed by atoms with Crippen molar-refractivity contribution in [1.82, 2.24) is 0 Å². The summed E-state index contributed by atoms with van der Waals surface area (Å²) in [5.74, 6) is -0.0759. The van der Waals surface area contributed by atoms with Gasteiger partial charge in [0.2, 0.25) is 5.91 Å². The predicted molar refractivity (Wildman–Crippen MR) is 78.9 cm³/mol. The minimum Gasteiger partial charge on any atom is -0.399 e. The quantitative estimate of drug-likeness (QED) is 0.736. The Kier molecular flexibility index (Phi) is 4.03. The summed E-state index contributed by atoms with van der Waals surface area (Å²) in [4.78, 5) is 11.0. The number of hydrogen-bond acceptors (Lipinski definition) is 3. The smallest absolute Gasteiger partial charge is 0.221 e. The molecule has 1 amide bonds. The van der Waals surface area contributed by atoms with Crippen molar-refractivity contribution in [3.05, 3.63) is 54.1 Å². The van der Waals surface area contributed by atoms with Gasteiger partial charge in [0.05, 0.1) is 0 Å². The largest absolute Gasteiger partial charge is 0.399 e. The molecule has 4 nitrogen and oxygen atoms in total. The van der Waals surface area contributed by atoms with E-state index in [1.165, 1.54) is 6.92 Å². The standard InChI is InChI=1S/C15H17N3O/c1-11(19)18-15-7-3-6-14(9-15)17-10-12-4-2-5-13(16)8-12/h2-9,17H,10,16H2,1H3,(H,18,19). The van der Waals surface area contributed by atoms with E-state index >= 15 is 0 Å². The maximum absolute atomic E-state index is 11.0. The van der Waals surface area contributed by atoms with E-state index in [1.807, 2.05) is 48.5 Å². The van der Waals surface area contributed by atoms with Crippen molar-refractivity contribution < 1.29 is 4.79 Å². The number of hydrogen-bond donors (Lipinski definition) is 3. The fourth-order valence-electron chi connectivity index (χ4n) is 1.82. The lowest BCUT2D eigenvalue weighted by molar-refractivity contribution is -0.114. The number of nitrogens with two attached hydrogens (primary N) is 1. The lowest BCUT2D eigenvalue weighted by atomic mass is 10.2. The van der Waals surface area contributed by atoms with Gasteiger partial charge in [0.1, 0.15) is 0 Å². The third-order valence-corrected chi connectivity index (χ3v) is 2.63. The molecule has 0 aliphatic heterocycles. The summed E-state index contributed by atoms with van der Waals surface area (Å²) in [6.45, 7) is 2.18. The fourth-order valence-corrected chi connectivity index (χ4v) is 1.82. The topological polar surface area (TPSA) is 67.2 Å². The number of nitrogens with one attached hydrogen (secondary N) is 2. The molecule has 0 aliphatic rings. The van der Waals surface area contributed by atoms with Crippen LogP contribution in [-0.2, 0) is 11.3 Å². The first-order valence-electron chi connectivity index (χ1n) is 6.09. The van der Waals surface area contributed by atoms with Gasteiger partial charge in [-0.05, 0) is 35.9 Å². The molecule has 0 spiro atoms. The van der Waals surface area contributed by atoms with Crippen molar-refractivity contribution in [3.63, 3.8) is 0 Å². The van der Waals surface area contributed by atoms with Crippen molar-refractivity contribution in [2.24, 2.45) is 0 Å². The van der Waals surface area contributed by atoms with Crippen LogP contribution in [0.1, 0.15) is 12.5 Å². The maximum Gasteiger partial charge on any atom is 0.221 e. The monoisotopic (exact) mass is 255 g/mol. The molecule has 98 valence electrons. The first kappa shape index (κ1) is 13.0. The second-order valence-corrected chi connectivity index (χ2v) is 4.36. The number of amides is 1. The van der Waals surface area contributed by atoms with Crippen molar-refractivity contribution in [2.75, 3.05) is 16.4 Å². The second kappa shape index (κ2) is 5.91. The first-order chi connectivity index (χ1) is 9.13. The Morgan fingerprint density at radius 2 is 1.84 bits per heavy atom. The van der Waals surface area contributed by atoms with Crippen LogP contribution in [0.4, 0.5) is 17.1 Å². The highest BCUT2D eigenvalue weighted by Crippen LogP contribution is 2.16. The molecule has 0 bridgehead atoms. The summed E-state index contributed by atoms with van der Waals surface area (Å²) in [5, 5.41) is 6.05. The molecule has 0 atom stereocenters. The third kappa shape index (κ3) is 4.03. The molecule has 0 unspecified atom stereocenters. The van der Waals surface area contributed by atoms with Crippen LogP contribution in [0.15, 0.2) is 48.5 Å². The van der Waals surface area contributed by atoms with Crippen LogP contribution in [0, 0.1) is 0 Å². The molecular formula is C15H17N3O. The van der Waals surface area contributed by atoms with Crippen LogP contribution in [0.2, 0.25) is 0 Å². The molecule has 0 saturated heterocycles. The normalized spacial score (nSPS) is 9.95. The molecule has 2 rings (SSSR count). The Labute approximate surface area is 112 Å². The minimum absolute atomic E-state index is 0.0759. The molecule has 2 aromatic carbocycles. The summed E-state index contributed by atoms with van der Waals surface area (Å²) in [6, 6.07) is 15.3. The minimum atomic E-state index is -0.0759. The van der Waals surface area contributed by atoms with Gasteiger partial charge in [0, 0.05) is 30.5 Å². The Morgan fingerprint density at radius 1 is 1.11 bits per heavy atom. The number of anilines is 3. The zero-order valence-corrected chi connectivity index (χ0v) is 10.8. The van der Waals surface area contributed by atoms with Gasteiger partial charge in [-0.25, -0.2) is 0 Å². The van der Waals surface area contributed by atoms with Gasteiger partial charge in [-0.3, -0.25) is 4.79 Å². The molecule has 0 fully saturated rings. The number of rotatable bonds is 4. The summed E-state index contributed by atoms with van der Waals surface area (Å²) < 4.78 is 0. The van der Waals surface area contributed by atoms with Gasteiger partial charge in [-0.2, -0.15) is 0 Å². The highest BCUT2D eigenvalue weighted by Gasteiger charge is 1.98. The van der Waals surface area contributed by atoms with Gasteiger partial charge in [-0.15, -0.1) is 0 Å². The van der Waals surface area contributed by atoms with Gasteiger partial charge in [-0.1, -0.05) is 18.2 Å². The van der Waals surface area contributed by atoms with E-state index in [-0.39, 0.29) is 5.91 Å². The molecule has 0 saturated carbocycles. The lowest BCUT2D eigenvalue weighted by Crippen LogP contribution is -2.06. The summed E-state index contributed by atoms with van der Waals surface area (Å²) in [6.07, 6.45) is 0. The Hall–Kier alpha value is -2.49. The molecular weight excluding hydrogens is 238 g/mol. The van der Waals surface area contributed by atoms with E-state index in [4.69, 9.17) is 5.73 Å². The Bertz CT molecular complexity index is 581. The van der Waals surface area contributed by atoms with Crippen LogP contribution in [0.25, 0.3) is 0 Å². The molecule has 2 aromatic rings. The fraction of sp³-hybridized carbons (Fsp3) is 0.133. The number of benzene rings is 2. The van der Waals surface area contributed by atoms with Crippen LogP contribution < -0.4 is 16.4 Å². The Morgan fingerprint density at radius 3 is 2.58 bits per heavy atom. The van der Waals surface area contributed by atoms with Crippen LogP contribution in [0.3, 0.4) is 0 Å². The molecule has 0 aromatic heterocycles. The molecule has 0 heterocycles. The third-order valence-electron chi connectivity index (χ3n) is 2.63. The average molecular weight is 255 g/mol. The Balaban J connectivity index is 2.01. The van der Waals surface area contributed by atoms with E-state index in [9.17, 15) is 4.79 Å². The zero-order valence-electron chi connectivity index (χ0n) is 10.8. The zero-order chi connectivity index (χ0) is 13.7. The van der Waals surface area contributed by atoms with Crippen molar-refractivity contribution >= 4 is 23.0 Å². The SMILES string of the molecule is CC(=O)Nc1cccc(NCc2cccc(N)c2)c1. The van der Waals surface area contributed by atoms with Crippen LogP contribution in [-0.4, -0.2) is 5.91 Å². The lowest BCUT2D eigenvalue weighted by Gasteiger charge is -2.09. The number of carbonyl (C=O) groups excluding carboxylic acids is 1. The van der Waals surface area contributed by atoms with Gasteiger partial charge in [0.15, 0.2) is 0 Å². The maximum atomic E-state index is 11.0. The highest BCUT2D eigenvalue weighted by atomic mass is 16.1. The van der Waals surface area contributed by atoms with E-state index in [0.717, 1.165) is 22.6 Å². The molecule has 4 heteroatoms. The first-order valence-corrected chi connectivity index (χ1v) is 6.09. The number of carbonyl (C=O) groups is 1. The van der Waals surface area contributed by atoms with E-state index < -0.39 is 0 Å². The van der Waals surface area contributed by atoms with Crippen molar-refractivity contribution in [1.29, 1.82) is 0 Å².